The lowest BCUT2D eigenvalue weighted by molar-refractivity contribution is 0.794. The van der Waals surface area contributed by atoms with Crippen LogP contribution in [0.4, 0.5) is 17.1 Å². The van der Waals surface area contributed by atoms with Gasteiger partial charge in [0, 0.05) is 42.3 Å². The standard InChI is InChI=1S/C61H37NS/c1-3-15-40-33-44(29-25-38(40)13-1)62(45-30-26-39-14-2-4-16-41(39)34-45)58-37-53-52-35-42(28-32-59(52)63-60(53)51-21-6-5-20-50(51)58)43-27-31-49-48-19-9-12-24-56(48)61(57(49)36-43)54-22-10-7-17-46(54)47-18-8-11-23-55(47)61/h1-37H. The number of benzene rings is 11. The number of anilines is 3. The minimum absolute atomic E-state index is 0.378. The van der Waals surface area contributed by atoms with Crippen molar-refractivity contribution in [3.63, 3.8) is 0 Å². The molecular formula is C61H37NS. The van der Waals surface area contributed by atoms with Crippen LogP contribution in [0.3, 0.4) is 0 Å². The van der Waals surface area contributed by atoms with E-state index in [-0.39, 0.29) is 5.41 Å². The highest BCUT2D eigenvalue weighted by Gasteiger charge is 2.51. The van der Waals surface area contributed by atoms with Gasteiger partial charge in [0.15, 0.2) is 0 Å². The van der Waals surface area contributed by atoms with Gasteiger partial charge in [-0.25, -0.2) is 0 Å². The summed E-state index contributed by atoms with van der Waals surface area (Å²) < 4.78 is 2.61. The normalized spacial score (nSPS) is 13.2. The van der Waals surface area contributed by atoms with Crippen molar-refractivity contribution >= 4 is 80.9 Å². The van der Waals surface area contributed by atoms with Crippen LogP contribution >= 0.6 is 11.3 Å². The summed E-state index contributed by atoms with van der Waals surface area (Å²) in [5, 5.41) is 9.99. The number of hydrogen-bond acceptors (Lipinski definition) is 2. The zero-order chi connectivity index (χ0) is 41.2. The topological polar surface area (TPSA) is 3.24 Å². The molecule has 2 aliphatic carbocycles. The summed E-state index contributed by atoms with van der Waals surface area (Å²) >= 11 is 1.90. The minimum atomic E-state index is -0.378. The largest absolute Gasteiger partial charge is 0.310 e. The SMILES string of the molecule is c1ccc2c(c1)-c1ccccc1C21c2ccccc2-c2ccc(-c3ccc4sc5c6ccccc6c(N(c6ccc7ccccc7c6)c6ccc7ccccc7c6)cc5c4c3)cc21. The van der Waals surface area contributed by atoms with Crippen molar-refractivity contribution in [1.82, 2.24) is 0 Å². The summed E-state index contributed by atoms with van der Waals surface area (Å²) in [6.45, 7) is 0. The van der Waals surface area contributed by atoms with E-state index >= 15 is 0 Å². The van der Waals surface area contributed by atoms with Crippen molar-refractivity contribution in [1.29, 1.82) is 0 Å². The average molecular weight is 816 g/mol. The predicted molar refractivity (Wildman–Crippen MR) is 268 cm³/mol. The van der Waals surface area contributed by atoms with Crippen LogP contribution < -0.4 is 4.90 Å². The molecular weight excluding hydrogens is 779 g/mol. The van der Waals surface area contributed by atoms with E-state index in [4.69, 9.17) is 0 Å². The Morgan fingerprint density at radius 2 is 0.810 bits per heavy atom. The first kappa shape index (κ1) is 34.9. The molecule has 0 saturated carbocycles. The molecule has 12 aromatic rings. The third kappa shape index (κ3) is 4.87. The van der Waals surface area contributed by atoms with E-state index in [1.807, 2.05) is 11.3 Å². The second kappa shape index (κ2) is 13.1. The molecule has 14 rings (SSSR count). The molecule has 0 bridgehead atoms. The summed E-state index contributed by atoms with van der Waals surface area (Å²) in [6.07, 6.45) is 0. The maximum atomic E-state index is 2.51. The van der Waals surface area contributed by atoms with Crippen molar-refractivity contribution in [3.05, 3.63) is 247 Å². The molecule has 0 unspecified atom stereocenters. The smallest absolute Gasteiger partial charge is 0.0725 e. The number of nitrogens with zero attached hydrogens (tertiary/aromatic N) is 1. The highest BCUT2D eigenvalue weighted by Crippen LogP contribution is 2.63. The molecule has 11 aromatic carbocycles. The summed E-state index contributed by atoms with van der Waals surface area (Å²) in [5.74, 6) is 0. The average Bonchev–Trinajstić information content (AvgIpc) is 3.98. The minimum Gasteiger partial charge on any atom is -0.310 e. The molecule has 0 fully saturated rings. The van der Waals surface area contributed by atoms with Gasteiger partial charge in [0.1, 0.15) is 0 Å². The van der Waals surface area contributed by atoms with Gasteiger partial charge in [0.2, 0.25) is 0 Å². The van der Waals surface area contributed by atoms with Crippen LogP contribution in [-0.4, -0.2) is 0 Å². The molecule has 0 radical (unpaired) electrons. The quantitative estimate of drug-likeness (QED) is 0.171. The Kier molecular flexibility index (Phi) is 7.26. The Morgan fingerprint density at radius 3 is 1.43 bits per heavy atom. The van der Waals surface area contributed by atoms with Crippen LogP contribution in [0.1, 0.15) is 22.3 Å². The fourth-order valence-corrected chi connectivity index (χ4v) is 12.5. The summed E-state index contributed by atoms with van der Waals surface area (Å²) in [6, 6.07) is 84.1. The van der Waals surface area contributed by atoms with E-state index in [2.05, 4.69) is 229 Å². The Hall–Kier alpha value is -7.78. The van der Waals surface area contributed by atoms with Gasteiger partial charge in [0.05, 0.1) is 11.1 Å². The molecule has 63 heavy (non-hydrogen) atoms. The van der Waals surface area contributed by atoms with Crippen LogP contribution in [0.15, 0.2) is 224 Å². The highest BCUT2D eigenvalue weighted by molar-refractivity contribution is 7.26. The summed E-state index contributed by atoms with van der Waals surface area (Å²) in [5.41, 5.74) is 16.3. The van der Waals surface area contributed by atoms with Crippen molar-refractivity contribution in [2.24, 2.45) is 0 Å². The molecule has 2 aliphatic rings. The van der Waals surface area contributed by atoms with Crippen LogP contribution in [0.2, 0.25) is 0 Å². The maximum absolute atomic E-state index is 2.51. The second-order valence-corrected chi connectivity index (χ2v) is 18.2. The van der Waals surface area contributed by atoms with Gasteiger partial charge in [-0.1, -0.05) is 176 Å². The van der Waals surface area contributed by atoms with Gasteiger partial charge in [-0.3, -0.25) is 0 Å². The number of thiophene rings is 1. The van der Waals surface area contributed by atoms with Gasteiger partial charge < -0.3 is 4.90 Å². The van der Waals surface area contributed by atoms with Gasteiger partial charge in [0.25, 0.3) is 0 Å². The monoisotopic (exact) mass is 815 g/mol. The zero-order valence-corrected chi connectivity index (χ0v) is 35.0. The molecule has 1 spiro atoms. The van der Waals surface area contributed by atoms with Crippen molar-refractivity contribution in [2.75, 3.05) is 4.90 Å². The highest BCUT2D eigenvalue weighted by atomic mass is 32.1. The second-order valence-electron chi connectivity index (χ2n) is 17.2. The third-order valence-corrected chi connectivity index (χ3v) is 15.2. The van der Waals surface area contributed by atoms with E-state index in [1.54, 1.807) is 0 Å². The molecule has 0 aliphatic heterocycles. The molecule has 292 valence electrons. The van der Waals surface area contributed by atoms with E-state index in [0.717, 1.165) is 11.4 Å². The van der Waals surface area contributed by atoms with Crippen LogP contribution in [0.5, 0.6) is 0 Å². The van der Waals surface area contributed by atoms with Crippen molar-refractivity contribution < 1.29 is 0 Å². The van der Waals surface area contributed by atoms with Gasteiger partial charge >= 0.3 is 0 Å². The van der Waals surface area contributed by atoms with Gasteiger partial charge in [-0.05, 0) is 126 Å². The lowest BCUT2D eigenvalue weighted by Crippen LogP contribution is -2.25. The lowest BCUT2D eigenvalue weighted by atomic mass is 9.70. The molecule has 1 aromatic heterocycles. The molecule has 0 saturated heterocycles. The number of fused-ring (bicyclic) bond motifs is 17. The summed E-state index contributed by atoms with van der Waals surface area (Å²) in [7, 11) is 0. The van der Waals surface area contributed by atoms with Crippen molar-refractivity contribution in [2.45, 2.75) is 5.41 Å². The number of rotatable bonds is 4. The molecule has 0 atom stereocenters. The molecule has 0 N–H and O–H groups in total. The van der Waals surface area contributed by atoms with Gasteiger partial charge in [-0.15, -0.1) is 11.3 Å². The summed E-state index contributed by atoms with van der Waals surface area (Å²) in [4.78, 5) is 2.48. The zero-order valence-electron chi connectivity index (χ0n) is 34.2. The van der Waals surface area contributed by atoms with Gasteiger partial charge in [-0.2, -0.15) is 0 Å². The fourth-order valence-electron chi connectivity index (χ4n) is 11.3. The van der Waals surface area contributed by atoms with E-state index in [9.17, 15) is 0 Å². The van der Waals surface area contributed by atoms with Crippen LogP contribution in [-0.2, 0) is 5.41 Å². The molecule has 1 heterocycles. The first-order valence-corrected chi connectivity index (χ1v) is 22.6. The van der Waals surface area contributed by atoms with E-state index in [0.29, 0.717) is 0 Å². The molecule has 1 nitrogen and oxygen atoms in total. The van der Waals surface area contributed by atoms with E-state index in [1.165, 1.54) is 114 Å². The predicted octanol–water partition coefficient (Wildman–Crippen LogP) is 17.0. The van der Waals surface area contributed by atoms with Crippen LogP contribution in [0, 0.1) is 0 Å². The van der Waals surface area contributed by atoms with E-state index < -0.39 is 0 Å². The van der Waals surface area contributed by atoms with Crippen molar-refractivity contribution in [3.8, 4) is 33.4 Å². The molecule has 0 amide bonds. The number of hydrogen-bond donors (Lipinski definition) is 0. The third-order valence-electron chi connectivity index (χ3n) is 14.0. The lowest BCUT2D eigenvalue weighted by Gasteiger charge is -2.30. The Bertz CT molecular complexity index is 3750. The Labute approximate surface area is 369 Å². The van der Waals surface area contributed by atoms with Crippen LogP contribution in [0.25, 0.3) is 85.9 Å². The Morgan fingerprint density at radius 1 is 0.317 bits per heavy atom. The maximum Gasteiger partial charge on any atom is 0.0725 e. The first-order chi connectivity index (χ1) is 31.2. The first-order valence-electron chi connectivity index (χ1n) is 21.8. The molecule has 2 heteroatoms. The fraction of sp³-hybridized carbons (Fsp3) is 0.0164. The Balaban J connectivity index is 0.994.